The van der Waals surface area contributed by atoms with Gasteiger partial charge in [0.2, 0.25) is 0 Å². The van der Waals surface area contributed by atoms with Crippen LogP contribution in [0.3, 0.4) is 0 Å². The SMILES string of the molecule is Brc1cc(Sc2cc(Br)c(SCCI)c(Br)c2)cc(Br)c1SCCI. The van der Waals surface area contributed by atoms with Crippen LogP contribution >= 0.6 is 144 Å². The van der Waals surface area contributed by atoms with E-state index in [0.717, 1.165) is 38.3 Å². The van der Waals surface area contributed by atoms with Gasteiger partial charge >= 0.3 is 0 Å². The van der Waals surface area contributed by atoms with Crippen LogP contribution in [0.25, 0.3) is 0 Å². The molecule has 2 aromatic rings. The summed E-state index contributed by atoms with van der Waals surface area (Å²) in [4.78, 5) is 4.97. The lowest BCUT2D eigenvalue weighted by atomic mass is 10.4. The number of hydrogen-bond donors (Lipinski definition) is 0. The van der Waals surface area contributed by atoms with Gasteiger partial charge in [0.15, 0.2) is 0 Å². The first-order chi connectivity index (χ1) is 12.0. The summed E-state index contributed by atoms with van der Waals surface area (Å²) in [5.41, 5.74) is 0. The van der Waals surface area contributed by atoms with Gasteiger partial charge in [0, 0.05) is 57.8 Å². The Labute approximate surface area is 222 Å². The van der Waals surface area contributed by atoms with Crippen LogP contribution in [0.15, 0.2) is 61.7 Å². The van der Waals surface area contributed by atoms with E-state index in [2.05, 4.69) is 133 Å². The second-order valence-electron chi connectivity index (χ2n) is 4.61. The average Bonchev–Trinajstić information content (AvgIpc) is 2.53. The Morgan fingerprint density at radius 2 is 0.960 bits per heavy atom. The number of halogens is 6. The summed E-state index contributed by atoms with van der Waals surface area (Å²) in [5.74, 6) is 2.22. The van der Waals surface area contributed by atoms with Gasteiger partial charge in [-0.2, -0.15) is 0 Å². The molecule has 0 spiro atoms. The van der Waals surface area contributed by atoms with Gasteiger partial charge in [-0.1, -0.05) is 56.9 Å². The fourth-order valence-corrected chi connectivity index (χ4v) is 9.89. The Morgan fingerprint density at radius 1 is 0.640 bits per heavy atom. The Bertz CT molecular complexity index is 636. The van der Waals surface area contributed by atoms with E-state index in [1.165, 1.54) is 19.6 Å². The Kier molecular flexibility index (Phi) is 12.1. The van der Waals surface area contributed by atoms with Gasteiger partial charge in [0.25, 0.3) is 0 Å². The summed E-state index contributed by atoms with van der Waals surface area (Å²) in [6.45, 7) is 0. The molecule has 2 rings (SSSR count). The molecule has 9 heteroatoms. The average molecular weight is 874 g/mol. The number of rotatable bonds is 8. The topological polar surface area (TPSA) is 0 Å². The van der Waals surface area contributed by atoms with Crippen LogP contribution in [0.2, 0.25) is 0 Å². The molecule has 0 atom stereocenters. The zero-order valence-electron chi connectivity index (χ0n) is 12.6. The molecule has 0 nitrogen and oxygen atoms in total. The molecule has 0 bridgehead atoms. The molecule has 0 aliphatic carbocycles. The lowest BCUT2D eigenvalue weighted by Gasteiger charge is -2.12. The summed E-state index contributed by atoms with van der Waals surface area (Å²) in [6.07, 6.45) is 0. The van der Waals surface area contributed by atoms with Gasteiger partial charge < -0.3 is 0 Å². The van der Waals surface area contributed by atoms with E-state index in [1.807, 2.05) is 23.5 Å². The fourth-order valence-electron chi connectivity index (χ4n) is 1.88. The third-order valence-corrected chi connectivity index (χ3v) is 12.1. The Balaban J connectivity index is 2.22. The third-order valence-electron chi connectivity index (χ3n) is 2.83. The van der Waals surface area contributed by atoms with Gasteiger partial charge in [-0.25, -0.2) is 0 Å². The lowest BCUT2D eigenvalue weighted by molar-refractivity contribution is 1.24. The van der Waals surface area contributed by atoms with Crippen molar-refractivity contribution in [3.63, 3.8) is 0 Å². The van der Waals surface area contributed by atoms with E-state index >= 15 is 0 Å². The molecule has 0 amide bonds. The first kappa shape index (κ1) is 24.1. The first-order valence-corrected chi connectivity index (χ1v) is 16.0. The van der Waals surface area contributed by atoms with Crippen molar-refractivity contribution < 1.29 is 0 Å². The van der Waals surface area contributed by atoms with Crippen molar-refractivity contribution in [2.75, 3.05) is 20.4 Å². The first-order valence-electron chi connectivity index (χ1n) is 6.99. The van der Waals surface area contributed by atoms with Crippen LogP contribution in [0, 0.1) is 0 Å². The molecular formula is C16H12Br4I2S3. The number of alkyl halides is 2. The second kappa shape index (κ2) is 12.5. The van der Waals surface area contributed by atoms with Crippen LogP contribution in [0.4, 0.5) is 0 Å². The van der Waals surface area contributed by atoms with Gasteiger partial charge in [0.1, 0.15) is 0 Å². The standard InChI is InChI=1S/C16H12Br4I2S3/c17-11-5-9(6-12(18)15(11)23-3-1-21)25-10-7-13(19)16(14(20)8-10)24-4-2-22/h5-8H,1-4H2. The van der Waals surface area contributed by atoms with Gasteiger partial charge in [0.05, 0.1) is 0 Å². The largest absolute Gasteiger partial charge is 0.123 e. The normalized spacial score (nSPS) is 11.1. The molecule has 0 unspecified atom stereocenters. The molecule has 0 radical (unpaired) electrons. The predicted molar refractivity (Wildman–Crippen MR) is 147 cm³/mol. The molecule has 0 saturated carbocycles. The third kappa shape index (κ3) is 7.57. The van der Waals surface area contributed by atoms with Gasteiger partial charge in [-0.05, 0) is 88.0 Å². The lowest BCUT2D eigenvalue weighted by Crippen LogP contribution is -1.86. The highest BCUT2D eigenvalue weighted by Crippen LogP contribution is 2.43. The van der Waals surface area contributed by atoms with Crippen LogP contribution < -0.4 is 0 Å². The van der Waals surface area contributed by atoms with E-state index in [0.29, 0.717) is 0 Å². The summed E-state index contributed by atoms with van der Waals surface area (Å²) >= 11 is 25.2. The van der Waals surface area contributed by atoms with E-state index in [9.17, 15) is 0 Å². The van der Waals surface area contributed by atoms with Crippen molar-refractivity contribution in [2.24, 2.45) is 0 Å². The van der Waals surface area contributed by atoms with Crippen molar-refractivity contribution in [3.8, 4) is 0 Å². The molecule has 0 aliphatic rings. The van der Waals surface area contributed by atoms with Crippen molar-refractivity contribution in [1.82, 2.24) is 0 Å². The molecular weight excluding hydrogens is 862 g/mol. The summed E-state index contributed by atoms with van der Waals surface area (Å²) in [5, 5.41) is 0. The molecule has 0 fully saturated rings. The van der Waals surface area contributed by atoms with Crippen LogP contribution in [0.1, 0.15) is 0 Å². The van der Waals surface area contributed by atoms with E-state index < -0.39 is 0 Å². The van der Waals surface area contributed by atoms with Crippen molar-refractivity contribution in [1.29, 1.82) is 0 Å². The molecule has 136 valence electrons. The van der Waals surface area contributed by atoms with Crippen molar-refractivity contribution in [3.05, 3.63) is 42.2 Å². The smallest absolute Gasteiger partial charge is 0.0358 e. The molecule has 2 aromatic carbocycles. The maximum Gasteiger partial charge on any atom is 0.0358 e. The Morgan fingerprint density at radius 3 is 1.24 bits per heavy atom. The van der Waals surface area contributed by atoms with Gasteiger partial charge in [-0.15, -0.1) is 23.5 Å². The highest BCUT2D eigenvalue weighted by molar-refractivity contribution is 14.1. The molecule has 0 saturated heterocycles. The molecule has 0 aromatic heterocycles. The maximum atomic E-state index is 3.72. The zero-order valence-corrected chi connectivity index (χ0v) is 25.7. The minimum atomic E-state index is 1.11. The quantitative estimate of drug-likeness (QED) is 0.147. The van der Waals surface area contributed by atoms with E-state index in [4.69, 9.17) is 0 Å². The summed E-state index contributed by atoms with van der Waals surface area (Å²) in [6, 6.07) is 8.80. The zero-order chi connectivity index (χ0) is 18.4. The Hall–Kier alpha value is 2.87. The minimum absolute atomic E-state index is 1.11. The number of benzene rings is 2. The highest BCUT2D eigenvalue weighted by Gasteiger charge is 2.12. The maximum absolute atomic E-state index is 3.72. The minimum Gasteiger partial charge on any atom is -0.123 e. The predicted octanol–water partition coefficient (Wildman–Crippen LogP) is 9.94. The highest BCUT2D eigenvalue weighted by atomic mass is 127. The monoisotopic (exact) mass is 869 g/mol. The van der Waals surface area contributed by atoms with Gasteiger partial charge in [-0.3, -0.25) is 0 Å². The van der Waals surface area contributed by atoms with E-state index in [1.54, 1.807) is 11.8 Å². The molecule has 0 heterocycles. The van der Waals surface area contributed by atoms with Crippen LogP contribution in [0.5, 0.6) is 0 Å². The van der Waals surface area contributed by atoms with Crippen LogP contribution in [-0.4, -0.2) is 20.4 Å². The van der Waals surface area contributed by atoms with Crippen molar-refractivity contribution in [2.45, 2.75) is 19.6 Å². The molecule has 0 aliphatic heterocycles. The van der Waals surface area contributed by atoms with Crippen molar-refractivity contribution >= 4 is 144 Å². The fraction of sp³-hybridized carbons (Fsp3) is 0.250. The summed E-state index contributed by atoms with van der Waals surface area (Å²) < 4.78 is 6.86. The van der Waals surface area contributed by atoms with E-state index in [-0.39, 0.29) is 0 Å². The molecule has 25 heavy (non-hydrogen) atoms. The number of thioether (sulfide) groups is 2. The number of hydrogen-bond acceptors (Lipinski definition) is 3. The van der Waals surface area contributed by atoms with Crippen LogP contribution in [-0.2, 0) is 0 Å². The summed E-state index contributed by atoms with van der Waals surface area (Å²) in [7, 11) is 0. The second-order valence-corrected chi connectivity index (χ2v) is 13.5. The molecule has 0 N–H and O–H groups in total.